The zero-order chi connectivity index (χ0) is 22.1. The fraction of sp³-hybridized carbons (Fsp3) is 0.500. The van der Waals surface area contributed by atoms with Gasteiger partial charge in [0.15, 0.2) is 5.65 Å². The first-order valence-electron chi connectivity index (χ1n) is 11.1. The highest BCUT2D eigenvalue weighted by molar-refractivity contribution is 7.99. The van der Waals surface area contributed by atoms with Gasteiger partial charge in [-0.05, 0) is 62.2 Å². The Morgan fingerprint density at radius 1 is 1.03 bits per heavy atom. The summed E-state index contributed by atoms with van der Waals surface area (Å²) in [6, 6.07) is 3.86. The Morgan fingerprint density at radius 2 is 1.81 bits per heavy atom. The second kappa shape index (κ2) is 9.19. The minimum absolute atomic E-state index is 0.167. The van der Waals surface area contributed by atoms with Crippen molar-refractivity contribution in [2.24, 2.45) is 0 Å². The first-order chi connectivity index (χ1) is 15.6. The van der Waals surface area contributed by atoms with E-state index in [1.165, 1.54) is 12.1 Å². The van der Waals surface area contributed by atoms with Crippen molar-refractivity contribution in [1.29, 1.82) is 0 Å². The van der Waals surface area contributed by atoms with Crippen molar-refractivity contribution in [3.63, 3.8) is 0 Å². The molecule has 5 rings (SSSR count). The molecule has 7 nitrogen and oxygen atoms in total. The summed E-state index contributed by atoms with van der Waals surface area (Å²) in [7, 11) is 0. The number of rotatable bonds is 5. The summed E-state index contributed by atoms with van der Waals surface area (Å²) in [5, 5.41) is 16.2. The van der Waals surface area contributed by atoms with Crippen molar-refractivity contribution in [2.75, 3.05) is 22.1 Å². The van der Waals surface area contributed by atoms with Gasteiger partial charge < -0.3 is 15.7 Å². The molecular formula is C22H26F2N6OS. The molecule has 3 aromatic rings. The van der Waals surface area contributed by atoms with E-state index in [4.69, 9.17) is 4.98 Å². The van der Waals surface area contributed by atoms with Crippen molar-refractivity contribution in [2.45, 2.75) is 56.7 Å². The minimum atomic E-state index is -0.671. The van der Waals surface area contributed by atoms with Gasteiger partial charge in [-0.15, -0.1) is 0 Å². The maximum absolute atomic E-state index is 14.3. The lowest BCUT2D eigenvalue weighted by Crippen LogP contribution is -2.29. The molecule has 2 aromatic heterocycles. The molecule has 1 aromatic carbocycles. The summed E-state index contributed by atoms with van der Waals surface area (Å²) in [4.78, 5) is 13.9. The van der Waals surface area contributed by atoms with Gasteiger partial charge in [-0.2, -0.15) is 16.7 Å². The molecule has 0 atom stereocenters. The standard InChI is InChI=1S/C22H26F2N6OS/c23-13-1-6-18(17(24)11-13)27-22-28-19-12-25-21(26-14-2-4-16(31)5-3-14)29-20(19)30(22)15-7-9-32-10-8-15/h1,6,11-12,14-16,31H,2-5,7-10H2,(H,27,28)(H,25,26,29)/t14-,16-. The van der Waals surface area contributed by atoms with Crippen LogP contribution in [0.25, 0.3) is 11.2 Å². The van der Waals surface area contributed by atoms with Gasteiger partial charge >= 0.3 is 0 Å². The number of aliphatic hydroxyl groups excluding tert-OH is 1. The number of aliphatic hydroxyl groups is 1. The van der Waals surface area contributed by atoms with Gasteiger partial charge in [-0.1, -0.05) is 0 Å². The number of anilines is 3. The van der Waals surface area contributed by atoms with Crippen LogP contribution in [0.5, 0.6) is 0 Å². The summed E-state index contributed by atoms with van der Waals surface area (Å²) in [6.45, 7) is 0. The van der Waals surface area contributed by atoms with Crippen LogP contribution in [-0.4, -0.2) is 48.3 Å². The van der Waals surface area contributed by atoms with Crippen molar-refractivity contribution >= 4 is 40.5 Å². The smallest absolute Gasteiger partial charge is 0.224 e. The second-order valence-electron chi connectivity index (χ2n) is 8.45. The molecule has 0 bridgehead atoms. The average Bonchev–Trinajstić information content (AvgIpc) is 3.15. The van der Waals surface area contributed by atoms with Gasteiger partial charge in [-0.3, -0.25) is 4.57 Å². The molecule has 0 unspecified atom stereocenters. The lowest BCUT2D eigenvalue weighted by Gasteiger charge is -2.26. The van der Waals surface area contributed by atoms with Crippen molar-refractivity contribution in [3.05, 3.63) is 36.0 Å². The van der Waals surface area contributed by atoms with E-state index in [1.54, 1.807) is 6.20 Å². The number of hydrogen-bond acceptors (Lipinski definition) is 7. The molecule has 1 aliphatic carbocycles. The number of aromatic nitrogens is 4. The van der Waals surface area contributed by atoms with Crippen LogP contribution in [0, 0.1) is 11.6 Å². The van der Waals surface area contributed by atoms with Crippen LogP contribution in [-0.2, 0) is 0 Å². The Hall–Kier alpha value is -2.46. The number of hydrogen-bond donors (Lipinski definition) is 3. The van der Waals surface area contributed by atoms with E-state index < -0.39 is 11.6 Å². The third-order valence-corrected chi connectivity index (χ3v) is 7.25. The third-order valence-electron chi connectivity index (χ3n) is 6.20. The molecule has 32 heavy (non-hydrogen) atoms. The van der Waals surface area contributed by atoms with Gasteiger partial charge in [-0.25, -0.2) is 18.7 Å². The van der Waals surface area contributed by atoms with Gasteiger partial charge in [0.05, 0.1) is 18.0 Å². The van der Waals surface area contributed by atoms with Crippen LogP contribution in [0.1, 0.15) is 44.6 Å². The Morgan fingerprint density at radius 3 is 2.56 bits per heavy atom. The predicted octanol–water partition coefficient (Wildman–Crippen LogP) is 4.63. The third kappa shape index (κ3) is 4.52. The molecule has 1 saturated heterocycles. The van der Waals surface area contributed by atoms with Gasteiger partial charge in [0.25, 0.3) is 0 Å². The first-order valence-corrected chi connectivity index (χ1v) is 12.2. The summed E-state index contributed by atoms with van der Waals surface area (Å²) in [5.41, 5.74) is 1.48. The molecule has 3 N–H and O–H groups in total. The maximum atomic E-state index is 14.3. The van der Waals surface area contributed by atoms with E-state index in [-0.39, 0.29) is 23.9 Å². The Bertz CT molecular complexity index is 1100. The molecule has 170 valence electrons. The minimum Gasteiger partial charge on any atom is -0.393 e. The molecule has 2 aliphatic rings. The van der Waals surface area contributed by atoms with Gasteiger partial charge in [0.2, 0.25) is 11.9 Å². The number of nitrogens with one attached hydrogen (secondary N) is 2. The first kappa shape index (κ1) is 21.4. The summed E-state index contributed by atoms with van der Waals surface area (Å²) in [6.07, 6.45) is 6.68. The molecular weight excluding hydrogens is 434 g/mol. The zero-order valence-electron chi connectivity index (χ0n) is 17.6. The van der Waals surface area contributed by atoms with Crippen LogP contribution in [0.15, 0.2) is 24.4 Å². The highest BCUT2D eigenvalue weighted by atomic mass is 32.2. The fourth-order valence-corrected chi connectivity index (χ4v) is 5.53. The van der Waals surface area contributed by atoms with E-state index in [9.17, 15) is 13.9 Å². The normalized spacial score (nSPS) is 22.2. The summed E-state index contributed by atoms with van der Waals surface area (Å²) in [5.74, 6) is 1.79. The second-order valence-corrected chi connectivity index (χ2v) is 9.68. The van der Waals surface area contributed by atoms with Crippen LogP contribution < -0.4 is 10.6 Å². The number of halogens is 2. The predicted molar refractivity (Wildman–Crippen MR) is 122 cm³/mol. The topological polar surface area (TPSA) is 87.9 Å². The molecule has 1 aliphatic heterocycles. The molecule has 0 radical (unpaired) electrons. The van der Waals surface area contributed by atoms with Crippen molar-refractivity contribution in [1.82, 2.24) is 19.5 Å². The Labute approximate surface area is 189 Å². The largest absolute Gasteiger partial charge is 0.393 e. The molecule has 1 saturated carbocycles. The summed E-state index contributed by atoms with van der Waals surface area (Å²) >= 11 is 1.92. The number of fused-ring (bicyclic) bond motifs is 1. The number of benzene rings is 1. The molecule has 10 heteroatoms. The van der Waals surface area contributed by atoms with Crippen LogP contribution in [0.4, 0.5) is 26.4 Å². The molecule has 0 amide bonds. The van der Waals surface area contributed by atoms with Gasteiger partial charge in [0.1, 0.15) is 17.2 Å². The van der Waals surface area contributed by atoms with Crippen LogP contribution >= 0.6 is 11.8 Å². The maximum Gasteiger partial charge on any atom is 0.224 e. The van der Waals surface area contributed by atoms with Crippen LogP contribution in [0.3, 0.4) is 0 Å². The molecule has 2 fully saturated rings. The molecule has 3 heterocycles. The van der Waals surface area contributed by atoms with E-state index in [2.05, 4.69) is 20.6 Å². The van der Waals surface area contributed by atoms with Crippen molar-refractivity contribution < 1.29 is 13.9 Å². The molecule has 0 spiro atoms. The Balaban J connectivity index is 1.49. The monoisotopic (exact) mass is 460 g/mol. The van der Waals surface area contributed by atoms with E-state index >= 15 is 0 Å². The number of imidazole rings is 1. The number of thioether (sulfide) groups is 1. The SMILES string of the molecule is O[C@H]1CC[C@H](Nc2ncc3nc(Nc4ccc(F)cc4F)n(C4CCSCC4)c3n2)CC1. The van der Waals surface area contributed by atoms with Crippen LogP contribution in [0.2, 0.25) is 0 Å². The average molecular weight is 461 g/mol. The highest BCUT2D eigenvalue weighted by Gasteiger charge is 2.25. The van der Waals surface area contributed by atoms with Crippen molar-refractivity contribution in [3.8, 4) is 0 Å². The quantitative estimate of drug-likeness (QED) is 0.512. The van der Waals surface area contributed by atoms with E-state index in [0.29, 0.717) is 23.1 Å². The lowest BCUT2D eigenvalue weighted by molar-refractivity contribution is 0.126. The van der Waals surface area contributed by atoms with Gasteiger partial charge in [0, 0.05) is 18.2 Å². The number of nitrogens with zero attached hydrogens (tertiary/aromatic N) is 4. The highest BCUT2D eigenvalue weighted by Crippen LogP contribution is 2.34. The van der Waals surface area contributed by atoms with E-state index in [1.807, 2.05) is 16.3 Å². The zero-order valence-corrected chi connectivity index (χ0v) is 18.4. The lowest BCUT2D eigenvalue weighted by atomic mass is 9.93. The van der Waals surface area contributed by atoms with E-state index in [0.717, 1.165) is 56.1 Å². The Kier molecular flexibility index (Phi) is 6.14. The summed E-state index contributed by atoms with van der Waals surface area (Å²) < 4.78 is 29.7. The fourth-order valence-electron chi connectivity index (χ4n) is 4.45.